The fraction of sp³-hybridized carbons (Fsp3) is 0.273. The molecule has 5 nitrogen and oxygen atoms in total. The van der Waals surface area contributed by atoms with Crippen LogP contribution in [0.4, 0.5) is 5.82 Å². The quantitative estimate of drug-likeness (QED) is 0.505. The van der Waals surface area contributed by atoms with Gasteiger partial charge in [0.2, 0.25) is 0 Å². The van der Waals surface area contributed by atoms with E-state index in [0.29, 0.717) is 6.61 Å². The molecule has 3 heterocycles. The fourth-order valence-corrected chi connectivity index (χ4v) is 4.67. The van der Waals surface area contributed by atoms with Crippen LogP contribution in [-0.4, -0.2) is 36.8 Å². The monoisotopic (exact) mass is 391 g/mol. The van der Waals surface area contributed by atoms with Crippen LogP contribution in [0.2, 0.25) is 0 Å². The van der Waals surface area contributed by atoms with Crippen molar-refractivity contribution in [2.45, 2.75) is 13.0 Å². The Balaban J connectivity index is 1.46. The molecule has 1 atom stereocenters. The van der Waals surface area contributed by atoms with Gasteiger partial charge in [-0.3, -0.25) is 0 Å². The molecule has 0 unspecified atom stereocenters. The molecule has 28 heavy (non-hydrogen) atoms. The van der Waals surface area contributed by atoms with Crippen molar-refractivity contribution in [2.24, 2.45) is 0 Å². The summed E-state index contributed by atoms with van der Waals surface area (Å²) in [6.45, 7) is 4.41. The standard InChI is InChI=1S/C22H21N3O2S/c1-14-9-19-21(23-13-24-22(19)28-14)25-7-8-27-20(12-25)17-4-3-16-11-18(26-2)6-5-15(16)10-17/h3-6,9-11,13,20H,7-8,12H2,1-2H3/t20-/m1/s1. The summed E-state index contributed by atoms with van der Waals surface area (Å²) >= 11 is 1.71. The van der Waals surface area contributed by atoms with Gasteiger partial charge in [0.1, 0.15) is 28.8 Å². The summed E-state index contributed by atoms with van der Waals surface area (Å²) in [4.78, 5) is 13.6. The van der Waals surface area contributed by atoms with Gasteiger partial charge >= 0.3 is 0 Å². The molecule has 2 aromatic heterocycles. The Hall–Kier alpha value is -2.70. The highest BCUT2D eigenvalue weighted by molar-refractivity contribution is 7.18. The summed E-state index contributed by atoms with van der Waals surface area (Å²) in [5.74, 6) is 1.88. The van der Waals surface area contributed by atoms with Crippen LogP contribution in [0.15, 0.2) is 48.8 Å². The summed E-state index contributed by atoms with van der Waals surface area (Å²) < 4.78 is 11.4. The average molecular weight is 391 g/mol. The molecule has 142 valence electrons. The molecular formula is C22H21N3O2S. The van der Waals surface area contributed by atoms with E-state index >= 15 is 0 Å². The van der Waals surface area contributed by atoms with E-state index in [9.17, 15) is 0 Å². The first-order chi connectivity index (χ1) is 13.7. The Kier molecular flexibility index (Phi) is 4.37. The van der Waals surface area contributed by atoms with E-state index in [4.69, 9.17) is 9.47 Å². The molecule has 4 aromatic rings. The number of aromatic nitrogens is 2. The molecule has 0 aliphatic carbocycles. The van der Waals surface area contributed by atoms with Gasteiger partial charge in [-0.1, -0.05) is 18.2 Å². The number of ether oxygens (including phenoxy) is 2. The molecule has 0 amide bonds. The Labute approximate surface area is 167 Å². The summed E-state index contributed by atoms with van der Waals surface area (Å²) in [5, 5.41) is 3.50. The third-order valence-electron chi connectivity index (χ3n) is 5.24. The van der Waals surface area contributed by atoms with Gasteiger partial charge in [-0.15, -0.1) is 11.3 Å². The second kappa shape index (κ2) is 7.04. The van der Waals surface area contributed by atoms with Gasteiger partial charge in [0.15, 0.2) is 0 Å². The van der Waals surface area contributed by atoms with Crippen LogP contribution in [0, 0.1) is 6.92 Å². The second-order valence-corrected chi connectivity index (χ2v) is 8.29. The lowest BCUT2D eigenvalue weighted by Crippen LogP contribution is -2.39. The number of hydrogen-bond acceptors (Lipinski definition) is 6. The lowest BCUT2D eigenvalue weighted by molar-refractivity contribution is 0.0397. The minimum atomic E-state index is 0.0185. The number of morpholine rings is 1. The van der Waals surface area contributed by atoms with Crippen molar-refractivity contribution in [3.8, 4) is 5.75 Å². The van der Waals surface area contributed by atoms with E-state index < -0.39 is 0 Å². The molecule has 1 fully saturated rings. The molecule has 2 aromatic carbocycles. The first-order valence-corrected chi connectivity index (χ1v) is 10.2. The maximum atomic E-state index is 6.12. The SMILES string of the molecule is COc1ccc2cc([C@H]3CN(c4ncnc5sc(C)cc45)CCO3)ccc2c1. The largest absolute Gasteiger partial charge is 0.497 e. The summed E-state index contributed by atoms with van der Waals surface area (Å²) in [6.07, 6.45) is 1.69. The Morgan fingerprint density at radius 1 is 1.11 bits per heavy atom. The number of hydrogen-bond donors (Lipinski definition) is 0. The van der Waals surface area contributed by atoms with Crippen LogP contribution in [0.3, 0.4) is 0 Å². The van der Waals surface area contributed by atoms with Crippen molar-refractivity contribution >= 4 is 38.1 Å². The maximum Gasteiger partial charge on any atom is 0.140 e. The summed E-state index contributed by atoms with van der Waals surface area (Å²) in [6, 6.07) is 14.8. The van der Waals surface area contributed by atoms with Gasteiger partial charge in [0.05, 0.1) is 19.1 Å². The van der Waals surface area contributed by atoms with Crippen molar-refractivity contribution in [1.29, 1.82) is 0 Å². The Morgan fingerprint density at radius 2 is 1.96 bits per heavy atom. The van der Waals surface area contributed by atoms with Crippen molar-refractivity contribution in [3.05, 3.63) is 59.2 Å². The van der Waals surface area contributed by atoms with Crippen molar-refractivity contribution < 1.29 is 9.47 Å². The first-order valence-electron chi connectivity index (χ1n) is 9.37. The van der Waals surface area contributed by atoms with E-state index in [2.05, 4.69) is 58.2 Å². The minimum absolute atomic E-state index is 0.0185. The highest BCUT2D eigenvalue weighted by Gasteiger charge is 2.25. The molecule has 0 bridgehead atoms. The van der Waals surface area contributed by atoms with Crippen molar-refractivity contribution in [1.82, 2.24) is 9.97 Å². The van der Waals surface area contributed by atoms with Gasteiger partial charge < -0.3 is 14.4 Å². The van der Waals surface area contributed by atoms with Gasteiger partial charge in [-0.05, 0) is 47.5 Å². The van der Waals surface area contributed by atoms with Crippen molar-refractivity contribution in [2.75, 3.05) is 31.7 Å². The third kappa shape index (κ3) is 3.08. The molecule has 1 aliphatic heterocycles. The number of thiophene rings is 1. The average Bonchev–Trinajstić information content (AvgIpc) is 3.13. The number of rotatable bonds is 3. The lowest BCUT2D eigenvalue weighted by Gasteiger charge is -2.34. The molecule has 1 aliphatic rings. The van der Waals surface area contributed by atoms with Crippen LogP contribution in [0.25, 0.3) is 21.0 Å². The zero-order valence-corrected chi connectivity index (χ0v) is 16.7. The third-order valence-corrected chi connectivity index (χ3v) is 6.20. The molecule has 0 saturated carbocycles. The molecule has 5 rings (SSSR count). The topological polar surface area (TPSA) is 47.5 Å². The number of aryl methyl sites for hydroxylation is 1. The number of nitrogens with zero attached hydrogens (tertiary/aromatic N) is 3. The summed E-state index contributed by atoms with van der Waals surface area (Å²) in [7, 11) is 1.69. The number of fused-ring (bicyclic) bond motifs is 2. The van der Waals surface area contributed by atoms with E-state index in [1.807, 2.05) is 6.07 Å². The number of benzene rings is 2. The van der Waals surface area contributed by atoms with Crippen LogP contribution in [0.5, 0.6) is 5.75 Å². The van der Waals surface area contributed by atoms with E-state index in [1.54, 1.807) is 24.8 Å². The number of methoxy groups -OCH3 is 1. The van der Waals surface area contributed by atoms with E-state index in [0.717, 1.165) is 34.9 Å². The van der Waals surface area contributed by atoms with Crippen molar-refractivity contribution in [3.63, 3.8) is 0 Å². The Bertz CT molecular complexity index is 1160. The first kappa shape index (κ1) is 17.4. The highest BCUT2D eigenvalue weighted by Crippen LogP contribution is 2.33. The predicted octanol–water partition coefficient (Wildman–Crippen LogP) is 4.74. The minimum Gasteiger partial charge on any atom is -0.497 e. The summed E-state index contributed by atoms with van der Waals surface area (Å²) in [5.41, 5.74) is 1.19. The van der Waals surface area contributed by atoms with E-state index in [1.165, 1.54) is 21.2 Å². The normalized spacial score (nSPS) is 17.4. The second-order valence-electron chi connectivity index (χ2n) is 7.05. The molecule has 0 N–H and O–H groups in total. The smallest absolute Gasteiger partial charge is 0.140 e. The van der Waals surface area contributed by atoms with Gasteiger partial charge in [0.25, 0.3) is 0 Å². The number of anilines is 1. The van der Waals surface area contributed by atoms with Gasteiger partial charge in [0, 0.05) is 18.0 Å². The van der Waals surface area contributed by atoms with Gasteiger partial charge in [-0.2, -0.15) is 0 Å². The van der Waals surface area contributed by atoms with E-state index in [-0.39, 0.29) is 6.10 Å². The fourth-order valence-electron chi connectivity index (χ4n) is 3.83. The molecule has 0 spiro atoms. The van der Waals surface area contributed by atoms with Crippen LogP contribution in [-0.2, 0) is 4.74 Å². The zero-order chi connectivity index (χ0) is 19.1. The van der Waals surface area contributed by atoms with Crippen LogP contribution < -0.4 is 9.64 Å². The zero-order valence-electron chi connectivity index (χ0n) is 15.9. The van der Waals surface area contributed by atoms with Gasteiger partial charge in [-0.25, -0.2) is 9.97 Å². The lowest BCUT2D eigenvalue weighted by atomic mass is 10.0. The van der Waals surface area contributed by atoms with Crippen LogP contribution in [0.1, 0.15) is 16.5 Å². The molecule has 6 heteroatoms. The van der Waals surface area contributed by atoms with Crippen LogP contribution >= 0.6 is 11.3 Å². The Morgan fingerprint density at radius 3 is 2.86 bits per heavy atom. The molecular weight excluding hydrogens is 370 g/mol. The molecule has 1 saturated heterocycles. The maximum absolute atomic E-state index is 6.12. The predicted molar refractivity (Wildman–Crippen MR) is 114 cm³/mol. The molecule has 0 radical (unpaired) electrons. The highest BCUT2D eigenvalue weighted by atomic mass is 32.1.